The Morgan fingerprint density at radius 2 is 1.76 bits per heavy atom. The fourth-order valence-electron chi connectivity index (χ4n) is 4.00. The molecule has 1 unspecified atom stereocenters. The van der Waals surface area contributed by atoms with E-state index in [-0.39, 0.29) is 15.7 Å². The van der Waals surface area contributed by atoms with Crippen molar-refractivity contribution >= 4 is 86.1 Å². The van der Waals surface area contributed by atoms with Crippen molar-refractivity contribution in [1.82, 2.24) is 15.2 Å². The topological polar surface area (TPSA) is 96.3 Å². The minimum atomic E-state index is -1.04. The van der Waals surface area contributed by atoms with Crippen molar-refractivity contribution in [2.75, 3.05) is 4.90 Å². The number of Topliss-reactive ketones (excluding diaryl/α,β-unsaturated/α-hetero) is 1. The maximum Gasteiger partial charge on any atom is 0.296 e. The number of ketones is 1. The zero-order chi connectivity index (χ0) is 27.1. The molecule has 1 N–H and O–H groups in total. The largest absolute Gasteiger partial charge is 0.503 e. The number of carbonyl (C=O) groups is 2. The van der Waals surface area contributed by atoms with Crippen molar-refractivity contribution in [3.63, 3.8) is 0 Å². The molecule has 0 bridgehead atoms. The molecule has 194 valence electrons. The highest BCUT2D eigenvalue weighted by molar-refractivity contribution is 8.00. The smallest absolute Gasteiger partial charge is 0.296 e. The van der Waals surface area contributed by atoms with E-state index in [1.165, 1.54) is 45.4 Å². The summed E-state index contributed by atoms with van der Waals surface area (Å²) in [6, 6.07) is 11.2. The Morgan fingerprint density at radius 3 is 2.42 bits per heavy atom. The van der Waals surface area contributed by atoms with Gasteiger partial charge < -0.3 is 5.11 Å². The summed E-state index contributed by atoms with van der Waals surface area (Å²) in [5, 5.41) is 21.6. The number of thioether (sulfide) groups is 1. The monoisotopic (exact) mass is 622 g/mol. The van der Waals surface area contributed by atoms with E-state index >= 15 is 0 Å². The van der Waals surface area contributed by atoms with Crippen LogP contribution in [0, 0.1) is 13.8 Å². The number of halogens is 3. The van der Waals surface area contributed by atoms with Crippen LogP contribution in [0.4, 0.5) is 5.13 Å². The summed E-state index contributed by atoms with van der Waals surface area (Å²) in [5.74, 6) is -1.32. The maximum atomic E-state index is 13.7. The number of thiazole rings is 1. The second-order valence-corrected chi connectivity index (χ2v) is 12.9. The van der Waals surface area contributed by atoms with E-state index in [0.29, 0.717) is 41.3 Å². The van der Waals surface area contributed by atoms with Gasteiger partial charge in [0.15, 0.2) is 10.1 Å². The standard InChI is InChI=1S/C25H17Cl3N4O3S3/c1-11-22(37-12(2)29-11)20(33)18-19(16-8-7-15(27)9-17(16)28)32(23(35)21(18)34)24-30-31-25(38-24)36-10-13-3-5-14(26)6-4-13/h3-9,19,34H,10H2,1-2H3. The van der Waals surface area contributed by atoms with Crippen molar-refractivity contribution in [3.8, 4) is 0 Å². The summed E-state index contributed by atoms with van der Waals surface area (Å²) in [6.45, 7) is 3.49. The lowest BCUT2D eigenvalue weighted by atomic mass is 9.95. The van der Waals surface area contributed by atoms with Gasteiger partial charge in [-0.05, 0) is 49.2 Å². The first kappa shape index (κ1) is 27.1. The van der Waals surface area contributed by atoms with E-state index in [0.717, 1.165) is 5.56 Å². The number of hydrogen-bond donors (Lipinski definition) is 1. The molecule has 0 radical (unpaired) electrons. The second kappa shape index (κ2) is 11.0. The van der Waals surface area contributed by atoms with E-state index in [4.69, 9.17) is 34.8 Å². The van der Waals surface area contributed by atoms with Gasteiger partial charge in [-0.1, -0.05) is 76.1 Å². The number of aliphatic hydroxyl groups excluding tert-OH is 1. The Morgan fingerprint density at radius 1 is 1.05 bits per heavy atom. The van der Waals surface area contributed by atoms with Gasteiger partial charge in [-0.2, -0.15) is 0 Å². The van der Waals surface area contributed by atoms with Crippen molar-refractivity contribution in [3.05, 3.63) is 95.6 Å². The number of hydrogen-bond acceptors (Lipinski definition) is 9. The molecule has 13 heteroatoms. The molecule has 5 rings (SSSR count). The molecular weight excluding hydrogens is 607 g/mol. The number of carbonyl (C=O) groups excluding carboxylic acids is 2. The van der Waals surface area contributed by atoms with Gasteiger partial charge in [0, 0.05) is 20.8 Å². The van der Waals surface area contributed by atoms with E-state index in [2.05, 4.69) is 15.2 Å². The summed E-state index contributed by atoms with van der Waals surface area (Å²) in [7, 11) is 0. The number of rotatable bonds is 7. The minimum Gasteiger partial charge on any atom is -0.503 e. The fourth-order valence-corrected chi connectivity index (χ4v) is 7.34. The lowest BCUT2D eigenvalue weighted by Gasteiger charge is -2.24. The first-order valence-electron chi connectivity index (χ1n) is 11.0. The van der Waals surface area contributed by atoms with Gasteiger partial charge in [-0.25, -0.2) is 4.98 Å². The average molecular weight is 624 g/mol. The number of benzene rings is 2. The third-order valence-corrected chi connectivity index (χ3v) is 9.71. The molecule has 0 saturated carbocycles. The van der Waals surface area contributed by atoms with E-state index in [1.807, 2.05) is 24.3 Å². The molecule has 1 aliphatic heterocycles. The fraction of sp³-hybridized carbons (Fsp3) is 0.160. The molecule has 0 saturated heterocycles. The van der Waals surface area contributed by atoms with Crippen LogP contribution < -0.4 is 4.90 Å². The number of aromatic nitrogens is 3. The third-order valence-electron chi connectivity index (χ3n) is 5.70. The Labute approximate surface area is 245 Å². The van der Waals surface area contributed by atoms with Crippen LogP contribution in [0.15, 0.2) is 58.1 Å². The summed E-state index contributed by atoms with van der Waals surface area (Å²) < 4.78 is 0.608. The van der Waals surface area contributed by atoms with Crippen molar-refractivity contribution < 1.29 is 14.7 Å². The van der Waals surface area contributed by atoms with Gasteiger partial charge in [0.1, 0.15) is 0 Å². The molecule has 2 aromatic carbocycles. The maximum absolute atomic E-state index is 13.7. The molecule has 0 aliphatic carbocycles. The lowest BCUT2D eigenvalue weighted by Crippen LogP contribution is -2.31. The molecule has 1 amide bonds. The molecule has 0 fully saturated rings. The number of amides is 1. The van der Waals surface area contributed by atoms with Crippen molar-refractivity contribution in [2.24, 2.45) is 0 Å². The minimum absolute atomic E-state index is 0.100. The van der Waals surface area contributed by atoms with Gasteiger partial charge in [0.05, 0.1) is 27.2 Å². The third kappa shape index (κ3) is 5.21. The van der Waals surface area contributed by atoms with E-state index < -0.39 is 23.5 Å². The van der Waals surface area contributed by atoms with Crippen LogP contribution in [-0.2, 0) is 10.5 Å². The number of anilines is 1. The first-order valence-corrected chi connectivity index (χ1v) is 14.8. The van der Waals surface area contributed by atoms with Gasteiger partial charge in [-0.15, -0.1) is 21.5 Å². The zero-order valence-electron chi connectivity index (χ0n) is 19.7. The van der Waals surface area contributed by atoms with E-state index in [1.54, 1.807) is 26.0 Å². The Balaban J connectivity index is 1.53. The SMILES string of the molecule is Cc1nc(C)c(C(=O)C2=C(O)C(=O)N(c3nnc(SCc4ccc(Cl)cc4)s3)C2c2ccc(Cl)cc2Cl)s1. The van der Waals surface area contributed by atoms with Crippen LogP contribution in [-0.4, -0.2) is 32.0 Å². The molecule has 1 aliphatic rings. The second-order valence-electron chi connectivity index (χ2n) is 8.25. The summed E-state index contributed by atoms with van der Waals surface area (Å²) in [5.41, 5.74) is 1.88. The highest BCUT2D eigenvalue weighted by Crippen LogP contribution is 2.46. The van der Waals surface area contributed by atoms with Crippen LogP contribution in [0.25, 0.3) is 0 Å². The molecule has 4 aromatic rings. The van der Waals surface area contributed by atoms with Crippen molar-refractivity contribution in [2.45, 2.75) is 30.0 Å². The molecular formula is C25H17Cl3N4O3S3. The Bertz CT molecular complexity index is 1600. The summed E-state index contributed by atoms with van der Waals surface area (Å²) >= 11 is 22.4. The lowest BCUT2D eigenvalue weighted by molar-refractivity contribution is -0.117. The molecule has 7 nitrogen and oxygen atoms in total. The predicted molar refractivity (Wildman–Crippen MR) is 153 cm³/mol. The normalized spacial score (nSPS) is 15.6. The first-order chi connectivity index (χ1) is 18.1. The highest BCUT2D eigenvalue weighted by atomic mass is 35.5. The number of aliphatic hydroxyl groups is 1. The Hall–Kier alpha value is -2.47. The summed E-state index contributed by atoms with van der Waals surface area (Å²) in [6.07, 6.45) is 0. The van der Waals surface area contributed by atoms with Gasteiger partial charge in [0.25, 0.3) is 5.91 Å². The Kier molecular flexibility index (Phi) is 7.82. The molecule has 3 heterocycles. The quantitative estimate of drug-likeness (QED) is 0.128. The predicted octanol–water partition coefficient (Wildman–Crippen LogP) is 7.65. The van der Waals surface area contributed by atoms with Crippen LogP contribution in [0.1, 0.15) is 37.5 Å². The average Bonchev–Trinajstić information content (AvgIpc) is 3.54. The van der Waals surface area contributed by atoms with Gasteiger partial charge in [-0.3, -0.25) is 14.5 Å². The van der Waals surface area contributed by atoms with Crippen molar-refractivity contribution in [1.29, 1.82) is 0 Å². The molecule has 0 spiro atoms. The number of aryl methyl sites for hydroxylation is 2. The van der Waals surface area contributed by atoms with Crippen LogP contribution in [0.2, 0.25) is 15.1 Å². The van der Waals surface area contributed by atoms with E-state index in [9.17, 15) is 14.7 Å². The zero-order valence-corrected chi connectivity index (χ0v) is 24.5. The van der Waals surface area contributed by atoms with Crippen LogP contribution in [0.3, 0.4) is 0 Å². The van der Waals surface area contributed by atoms with Gasteiger partial charge >= 0.3 is 0 Å². The van der Waals surface area contributed by atoms with Crippen LogP contribution >= 0.6 is 69.2 Å². The molecule has 38 heavy (non-hydrogen) atoms. The van der Waals surface area contributed by atoms with Gasteiger partial charge in [0.2, 0.25) is 10.9 Å². The molecule has 1 atom stereocenters. The summed E-state index contributed by atoms with van der Waals surface area (Å²) in [4.78, 5) is 33.1. The molecule has 2 aromatic heterocycles. The number of nitrogens with zero attached hydrogens (tertiary/aromatic N) is 4. The highest BCUT2D eigenvalue weighted by Gasteiger charge is 2.47. The van der Waals surface area contributed by atoms with Crippen LogP contribution in [0.5, 0.6) is 0 Å².